The molecule has 0 unspecified atom stereocenters. The zero-order valence-electron chi connectivity index (χ0n) is 13.2. The summed E-state index contributed by atoms with van der Waals surface area (Å²) >= 11 is 6.08. The van der Waals surface area contributed by atoms with Gasteiger partial charge < -0.3 is 15.0 Å². The van der Waals surface area contributed by atoms with E-state index in [1.807, 2.05) is 24.3 Å². The van der Waals surface area contributed by atoms with E-state index in [2.05, 4.69) is 10.2 Å². The summed E-state index contributed by atoms with van der Waals surface area (Å²) in [7, 11) is 1.74. The van der Waals surface area contributed by atoms with Gasteiger partial charge in [0.05, 0.1) is 13.0 Å². The molecule has 1 aliphatic rings. The molecular formula is C17H25ClN2O2. The molecular weight excluding hydrogens is 300 g/mol. The molecule has 1 fully saturated rings. The molecule has 22 heavy (non-hydrogen) atoms. The third-order valence-corrected chi connectivity index (χ3v) is 4.58. The van der Waals surface area contributed by atoms with Gasteiger partial charge in [-0.2, -0.15) is 0 Å². The van der Waals surface area contributed by atoms with Crippen LogP contribution in [0, 0.1) is 5.92 Å². The van der Waals surface area contributed by atoms with Gasteiger partial charge in [0.2, 0.25) is 5.91 Å². The molecule has 0 spiro atoms. The molecule has 0 saturated carbocycles. The molecule has 0 atom stereocenters. The van der Waals surface area contributed by atoms with Crippen molar-refractivity contribution in [2.75, 3.05) is 39.9 Å². The van der Waals surface area contributed by atoms with Crippen LogP contribution in [0.5, 0.6) is 0 Å². The minimum Gasteiger partial charge on any atom is -0.383 e. The monoisotopic (exact) mass is 324 g/mol. The van der Waals surface area contributed by atoms with E-state index >= 15 is 0 Å². The Morgan fingerprint density at radius 3 is 2.77 bits per heavy atom. The number of hydrogen-bond acceptors (Lipinski definition) is 3. The van der Waals surface area contributed by atoms with Crippen LogP contribution in [-0.2, 0) is 16.0 Å². The molecule has 0 aliphatic carbocycles. The highest BCUT2D eigenvalue weighted by Crippen LogP contribution is 2.17. The molecule has 5 heteroatoms. The summed E-state index contributed by atoms with van der Waals surface area (Å²) in [6.07, 6.45) is 2.62. The number of ether oxygens (including phenoxy) is 1. The van der Waals surface area contributed by atoms with Crippen molar-refractivity contribution >= 4 is 17.5 Å². The predicted octanol–water partition coefficient (Wildman–Crippen LogP) is 2.36. The summed E-state index contributed by atoms with van der Waals surface area (Å²) in [6, 6.07) is 7.50. The van der Waals surface area contributed by atoms with Crippen molar-refractivity contribution < 1.29 is 9.53 Å². The maximum atomic E-state index is 12.0. The Labute approximate surface area is 137 Å². The van der Waals surface area contributed by atoms with Crippen LogP contribution < -0.4 is 5.32 Å². The van der Waals surface area contributed by atoms with Gasteiger partial charge in [0.15, 0.2) is 0 Å². The second kappa shape index (κ2) is 9.13. The van der Waals surface area contributed by atoms with Crippen molar-refractivity contribution in [3.63, 3.8) is 0 Å². The number of halogens is 1. The number of likely N-dealkylation sites (tertiary alicyclic amines) is 1. The fraction of sp³-hybridized carbons (Fsp3) is 0.588. The Morgan fingerprint density at radius 1 is 1.36 bits per heavy atom. The first-order valence-electron chi connectivity index (χ1n) is 7.90. The fourth-order valence-electron chi connectivity index (χ4n) is 2.77. The van der Waals surface area contributed by atoms with Crippen LogP contribution in [0.3, 0.4) is 0 Å². The number of nitrogens with zero attached hydrogens (tertiary/aromatic N) is 1. The molecule has 1 saturated heterocycles. The van der Waals surface area contributed by atoms with E-state index in [9.17, 15) is 4.79 Å². The van der Waals surface area contributed by atoms with Crippen LogP contribution in [0.4, 0.5) is 0 Å². The lowest BCUT2D eigenvalue weighted by Gasteiger charge is -2.31. The molecule has 1 amide bonds. The van der Waals surface area contributed by atoms with E-state index in [0.717, 1.165) is 51.2 Å². The number of piperidine rings is 1. The van der Waals surface area contributed by atoms with E-state index < -0.39 is 0 Å². The van der Waals surface area contributed by atoms with Gasteiger partial charge in [-0.3, -0.25) is 4.79 Å². The number of carbonyl (C=O) groups is 1. The summed E-state index contributed by atoms with van der Waals surface area (Å²) in [5.74, 6) is 0.629. The van der Waals surface area contributed by atoms with E-state index in [1.165, 1.54) is 0 Å². The third-order valence-electron chi connectivity index (χ3n) is 4.22. The van der Waals surface area contributed by atoms with Gasteiger partial charge in [-0.05, 0) is 43.5 Å². The van der Waals surface area contributed by atoms with Gasteiger partial charge in [0.25, 0.3) is 0 Å². The van der Waals surface area contributed by atoms with Gasteiger partial charge in [0.1, 0.15) is 0 Å². The van der Waals surface area contributed by atoms with Crippen molar-refractivity contribution in [2.24, 2.45) is 5.92 Å². The molecule has 1 N–H and O–H groups in total. The number of hydrogen-bond donors (Lipinski definition) is 1. The van der Waals surface area contributed by atoms with Crippen molar-refractivity contribution in [1.82, 2.24) is 10.2 Å². The molecule has 1 aromatic rings. The first-order chi connectivity index (χ1) is 10.7. The summed E-state index contributed by atoms with van der Waals surface area (Å²) in [5.41, 5.74) is 0.885. The van der Waals surface area contributed by atoms with Gasteiger partial charge in [-0.1, -0.05) is 29.8 Å². The average Bonchev–Trinajstić information content (AvgIpc) is 2.54. The summed E-state index contributed by atoms with van der Waals surface area (Å²) in [4.78, 5) is 14.4. The number of rotatable bonds is 7. The number of benzene rings is 1. The largest absolute Gasteiger partial charge is 0.383 e. The Balaban J connectivity index is 1.66. The number of methoxy groups -OCH3 is 1. The number of carbonyl (C=O) groups excluding carboxylic acids is 1. The Morgan fingerprint density at radius 2 is 2.09 bits per heavy atom. The van der Waals surface area contributed by atoms with E-state index in [4.69, 9.17) is 16.3 Å². The minimum absolute atomic E-state index is 0.0508. The SMILES string of the molecule is COCCN1CCC(CNC(=O)Cc2ccccc2Cl)CC1. The lowest BCUT2D eigenvalue weighted by Crippen LogP contribution is -2.40. The lowest BCUT2D eigenvalue weighted by atomic mass is 9.96. The first kappa shape index (κ1) is 17.3. The van der Waals surface area contributed by atoms with Crippen LogP contribution >= 0.6 is 11.6 Å². The summed E-state index contributed by atoms with van der Waals surface area (Å²) in [6.45, 7) is 4.74. The fourth-order valence-corrected chi connectivity index (χ4v) is 2.97. The van der Waals surface area contributed by atoms with Gasteiger partial charge in [-0.25, -0.2) is 0 Å². The normalized spacial score (nSPS) is 16.6. The lowest BCUT2D eigenvalue weighted by molar-refractivity contribution is -0.120. The first-order valence-corrected chi connectivity index (χ1v) is 8.28. The Hall–Kier alpha value is -1.10. The molecule has 0 bridgehead atoms. The number of nitrogens with one attached hydrogen (secondary N) is 1. The summed E-state index contributed by atoms with van der Waals surface area (Å²) in [5, 5.41) is 3.70. The zero-order chi connectivity index (χ0) is 15.8. The average molecular weight is 325 g/mol. The van der Waals surface area contributed by atoms with E-state index in [-0.39, 0.29) is 5.91 Å². The predicted molar refractivity (Wildman–Crippen MR) is 89.2 cm³/mol. The standard InChI is InChI=1S/C17H25ClN2O2/c1-22-11-10-20-8-6-14(7-9-20)13-19-17(21)12-15-4-2-3-5-16(15)18/h2-5,14H,6-13H2,1H3,(H,19,21). The topological polar surface area (TPSA) is 41.6 Å². The highest BCUT2D eigenvalue weighted by Gasteiger charge is 2.19. The maximum absolute atomic E-state index is 12.0. The zero-order valence-corrected chi connectivity index (χ0v) is 13.9. The van der Waals surface area contributed by atoms with Crippen LogP contribution in [-0.4, -0.2) is 50.7 Å². The molecule has 0 aromatic heterocycles. The van der Waals surface area contributed by atoms with Gasteiger partial charge >= 0.3 is 0 Å². The van der Waals surface area contributed by atoms with Gasteiger partial charge in [0, 0.05) is 25.2 Å². The Kier molecular flexibility index (Phi) is 7.16. The third kappa shape index (κ3) is 5.59. The second-order valence-electron chi connectivity index (χ2n) is 5.85. The molecule has 4 nitrogen and oxygen atoms in total. The molecule has 1 aliphatic heterocycles. The van der Waals surface area contributed by atoms with Crippen molar-refractivity contribution in [2.45, 2.75) is 19.3 Å². The van der Waals surface area contributed by atoms with Crippen LogP contribution in [0.25, 0.3) is 0 Å². The van der Waals surface area contributed by atoms with E-state index in [0.29, 0.717) is 17.4 Å². The quantitative estimate of drug-likeness (QED) is 0.837. The van der Waals surface area contributed by atoms with Crippen LogP contribution in [0.1, 0.15) is 18.4 Å². The van der Waals surface area contributed by atoms with E-state index in [1.54, 1.807) is 7.11 Å². The minimum atomic E-state index is 0.0508. The number of amides is 1. The Bertz CT molecular complexity index is 473. The van der Waals surface area contributed by atoms with Crippen molar-refractivity contribution in [3.8, 4) is 0 Å². The summed E-state index contributed by atoms with van der Waals surface area (Å²) < 4.78 is 5.11. The van der Waals surface area contributed by atoms with Crippen LogP contribution in [0.2, 0.25) is 5.02 Å². The molecule has 1 aromatic carbocycles. The smallest absolute Gasteiger partial charge is 0.224 e. The van der Waals surface area contributed by atoms with Crippen LogP contribution in [0.15, 0.2) is 24.3 Å². The maximum Gasteiger partial charge on any atom is 0.224 e. The highest BCUT2D eigenvalue weighted by atomic mass is 35.5. The molecule has 2 rings (SSSR count). The molecule has 0 radical (unpaired) electrons. The highest BCUT2D eigenvalue weighted by molar-refractivity contribution is 6.31. The van der Waals surface area contributed by atoms with Crippen molar-refractivity contribution in [3.05, 3.63) is 34.9 Å². The van der Waals surface area contributed by atoms with Gasteiger partial charge in [-0.15, -0.1) is 0 Å². The molecule has 1 heterocycles. The van der Waals surface area contributed by atoms with Crippen molar-refractivity contribution in [1.29, 1.82) is 0 Å². The molecule has 122 valence electrons. The second-order valence-corrected chi connectivity index (χ2v) is 6.26.